The molecule has 3 aliphatic heterocycles. The molecule has 93 heavy (non-hydrogen) atoms. The van der Waals surface area contributed by atoms with Gasteiger partial charge in [0.15, 0.2) is 22.7 Å². The van der Waals surface area contributed by atoms with E-state index in [1.165, 1.54) is 21.0 Å². The number of H-pyrrole nitrogens is 1. The molecule has 17 nitrogen and oxygen atoms in total. The van der Waals surface area contributed by atoms with E-state index in [1.807, 2.05) is 70.7 Å². The first kappa shape index (κ1) is 76.6. The van der Waals surface area contributed by atoms with Crippen LogP contribution in [-0.2, 0) is 19.1 Å². The second-order valence-electron chi connectivity index (χ2n) is 23.3. The number of imidazole rings is 3. The fourth-order valence-corrected chi connectivity index (χ4v) is 14.1. The van der Waals surface area contributed by atoms with Crippen molar-refractivity contribution < 1.29 is 38.6 Å². The minimum atomic E-state index is -0.907. The van der Waals surface area contributed by atoms with Gasteiger partial charge >= 0.3 is 126 Å². The van der Waals surface area contributed by atoms with Crippen molar-refractivity contribution in [1.82, 2.24) is 43.3 Å². The maximum atomic E-state index is 13.3. The molecule has 13 rings (SSSR count). The molecule has 0 bridgehead atoms. The van der Waals surface area contributed by atoms with Gasteiger partial charge in [-0.05, 0) is 144 Å². The van der Waals surface area contributed by atoms with Gasteiger partial charge in [-0.1, -0.05) is 50.3 Å². The van der Waals surface area contributed by atoms with Gasteiger partial charge in [-0.3, -0.25) is 23.1 Å². The zero-order valence-corrected chi connectivity index (χ0v) is 71.5. The molecule has 1 atom stereocenters. The van der Waals surface area contributed by atoms with Crippen molar-refractivity contribution in [2.75, 3.05) is 65.5 Å². The number of ketones is 1. The molecule has 13 heterocycles. The summed E-state index contributed by atoms with van der Waals surface area (Å²) in [5.74, 6) is 1.82. The number of carboxylic acids is 1. The number of fused-ring (bicyclic) bond motifs is 3. The number of carbonyl (C=O) groups excluding carboxylic acids is 2. The third-order valence-electron chi connectivity index (χ3n) is 16.6. The molecule has 28 heteroatoms. The molecule has 3 aliphatic rings. The summed E-state index contributed by atoms with van der Waals surface area (Å²) in [6, 6.07) is 18.4. The number of anilines is 3. The molecule has 0 aliphatic carbocycles. The number of nitrogens with zero attached hydrogens (tertiary/aromatic N) is 11. The van der Waals surface area contributed by atoms with Crippen LogP contribution in [0.15, 0.2) is 98.1 Å². The van der Waals surface area contributed by atoms with Gasteiger partial charge in [-0.2, -0.15) is 5.10 Å². The first-order valence-electron chi connectivity index (χ1n) is 30.6. The number of Topliss-reactive ketones (excluding diaryl/α,β-unsaturated/α-hetero) is 1. The Balaban J connectivity index is 0.000000169. The minimum absolute atomic E-state index is 0.0258. The first-order chi connectivity index (χ1) is 44.7. The number of hydrogen-bond donors (Lipinski definition) is 2. The van der Waals surface area contributed by atoms with Gasteiger partial charge < -0.3 is 24.5 Å². The van der Waals surface area contributed by atoms with Crippen molar-refractivity contribution in [1.29, 1.82) is 0 Å². The summed E-state index contributed by atoms with van der Waals surface area (Å²) in [4.78, 5) is 71.7. The molecule has 0 unspecified atom stereocenters. The van der Waals surface area contributed by atoms with Crippen LogP contribution in [0, 0.1) is 38.5 Å². The molecule has 3 saturated heterocycles. The second-order valence-corrected chi connectivity index (χ2v) is 74.3. The van der Waals surface area contributed by atoms with E-state index in [0.29, 0.717) is 39.2 Å². The number of nitrogens with one attached hydrogen (secondary N) is 1. The number of esters is 1. The summed E-state index contributed by atoms with van der Waals surface area (Å²) >= 11 is 19.5. The topological polar surface area (TPSA) is 184 Å². The number of thiophene rings is 3. The summed E-state index contributed by atoms with van der Waals surface area (Å²) < 4.78 is 11.4. The third kappa shape index (κ3) is 20.5. The zero-order valence-electron chi connectivity index (χ0n) is 53.3. The zero-order chi connectivity index (χ0) is 67.0. The summed E-state index contributed by atoms with van der Waals surface area (Å²) in [6.07, 6.45) is 19.9. The van der Waals surface area contributed by atoms with Gasteiger partial charge in [-0.15, -0.1) is 34.0 Å². The predicted molar refractivity (Wildman–Crippen MR) is 428 cm³/mol. The Bertz CT molecular complexity index is 4050. The van der Waals surface area contributed by atoms with Crippen molar-refractivity contribution in [2.45, 2.75) is 106 Å². The van der Waals surface area contributed by atoms with Crippen LogP contribution >= 0.6 is 156 Å². The molecule has 2 N–H and O–H groups in total. The number of carboxylic acid groups (broad SMARTS) is 1. The van der Waals surface area contributed by atoms with Gasteiger partial charge in [0.25, 0.3) is 0 Å². The number of piperidine rings is 3. The van der Waals surface area contributed by atoms with E-state index in [-0.39, 0.29) is 22.6 Å². The fourth-order valence-electron chi connectivity index (χ4n) is 11.5. The molecular formula is C65H77I6N12O5S3V2. The van der Waals surface area contributed by atoms with Crippen molar-refractivity contribution >= 4 is 208 Å². The average Bonchev–Trinajstić information content (AvgIpc) is 1.74. The molecule has 10 aromatic rings. The predicted octanol–water partition coefficient (Wildman–Crippen LogP) is 19.7. The van der Waals surface area contributed by atoms with Crippen LogP contribution in [0.25, 0.3) is 48.7 Å². The number of aryl methyl sites for hydroxylation is 3. The van der Waals surface area contributed by atoms with Crippen molar-refractivity contribution in [3.8, 4) is 31.7 Å². The Morgan fingerprint density at radius 2 is 0.957 bits per heavy atom. The Hall–Kier alpha value is -2.13. The number of alkyl halides is 1. The molecule has 3 fully saturated rings. The van der Waals surface area contributed by atoms with Gasteiger partial charge in [0.2, 0.25) is 0 Å². The number of ether oxygens (including phenoxy) is 1. The molecule has 10 aromatic heterocycles. The molecular weight excluding hydrogens is 1990 g/mol. The van der Waals surface area contributed by atoms with Crippen molar-refractivity contribution in [3.63, 3.8) is 0 Å². The second kappa shape index (κ2) is 37.3. The summed E-state index contributed by atoms with van der Waals surface area (Å²) in [5.41, 5.74) is 10.2. The Kier molecular flexibility index (Phi) is 30.8. The van der Waals surface area contributed by atoms with Crippen LogP contribution in [0.1, 0.15) is 137 Å². The first-order valence-corrected chi connectivity index (χ1v) is 57.7. The SMILES string of the molecule is CCOC(=O)c1cc(N2CCC(C)CC2)c2ncc(-c3ccc(C)s3)n2c1.CI.Cc1ccc(-c2cnc3c(N4CCC(C)CC4)cc(C(=O)C[C@@H](C)c4ncn[nH]4)cn23)s1.Cc1ccc(-c2cnc3c(N4CCC(C)CC4)cc(C(=O)O)cn23)s1.[I][V]([I])[I].[I][V][I]. The summed E-state index contributed by atoms with van der Waals surface area (Å²) in [5, 5.41) is 16.4. The van der Waals surface area contributed by atoms with Gasteiger partial charge in [0, 0.05) is 90.4 Å². The van der Waals surface area contributed by atoms with E-state index in [2.05, 4.69) is 240 Å². The van der Waals surface area contributed by atoms with E-state index in [4.69, 9.17) is 14.7 Å². The third-order valence-corrected chi connectivity index (χ3v) is 19.7. The number of halogens is 6. The monoisotopic (exact) mass is 2060 g/mol. The van der Waals surface area contributed by atoms with Crippen LogP contribution in [0.3, 0.4) is 0 Å². The van der Waals surface area contributed by atoms with E-state index in [0.717, 1.165) is 167 Å². The molecule has 0 spiro atoms. The van der Waals surface area contributed by atoms with Crippen LogP contribution in [0.4, 0.5) is 17.1 Å². The Morgan fingerprint density at radius 1 is 0.613 bits per heavy atom. The number of pyridine rings is 3. The molecule has 497 valence electrons. The van der Waals surface area contributed by atoms with E-state index in [9.17, 15) is 19.5 Å². The van der Waals surface area contributed by atoms with Crippen LogP contribution in [0.5, 0.6) is 0 Å². The number of aromatic carboxylic acids is 1. The summed E-state index contributed by atoms with van der Waals surface area (Å²) in [7, 11) is 0.628. The number of carbonyl (C=O) groups is 3. The summed E-state index contributed by atoms with van der Waals surface area (Å²) in [6.45, 7) is 23.2. The van der Waals surface area contributed by atoms with Crippen molar-refractivity contribution in [3.05, 3.63) is 135 Å². The van der Waals surface area contributed by atoms with E-state index < -0.39 is 5.97 Å². The quantitative estimate of drug-likeness (QED) is 0.0481. The van der Waals surface area contributed by atoms with Crippen molar-refractivity contribution in [2.24, 2.45) is 17.8 Å². The van der Waals surface area contributed by atoms with Crippen LogP contribution < -0.4 is 14.7 Å². The number of hydrogen-bond acceptors (Lipinski definition) is 15. The number of rotatable bonds is 13. The van der Waals surface area contributed by atoms with E-state index in [1.54, 1.807) is 46.3 Å². The standard InChI is InChI=1S/C24H28N6OS.C21H25N3O2S.C19H21N3O2S.CH3I.5HI.2V/c1-15-6-8-29(9-7-15)19-11-18(21(31)10-16(2)23-26-14-27-28-23)13-30-20(12-25-24(19)30)22-5-4-17(3)32-22;1-4-26-21(25)16-11-17(23-9-7-14(2)8-10-23)20-22-12-18(24(20)13-16)19-6-5-15(3)27-19;1-12-5-7-21(8-6-12)15-9-14(19(23)24)11-22-16(10-20-18(15)22)17-4-3-13(2)25-17;1-2;;;;;;;/h4-5,11-16H,6-10H2,1-3H3,(H,26,27,28);5-6,11-14H,4,7-10H2,1-3H3;3-4,9-12H,5-8H2,1-2H3,(H,23,24);1H3;5*1H;;/q;;;;;;;;;+2;+3/p-5/t16-;;;;;;;;;;/m1........../s1. The molecule has 0 saturated carbocycles. The van der Waals surface area contributed by atoms with Gasteiger partial charge in [0.1, 0.15) is 12.2 Å². The average molecular weight is 2070 g/mol. The van der Waals surface area contributed by atoms with Crippen LogP contribution in [0.2, 0.25) is 0 Å². The van der Waals surface area contributed by atoms with Gasteiger partial charge in [-0.25, -0.2) is 29.5 Å². The molecule has 0 aromatic carbocycles. The fraction of sp³-hybridized carbons (Fsp3) is 0.415. The molecule has 0 amide bonds. The normalized spacial score (nSPS) is 14.9. The Morgan fingerprint density at radius 3 is 1.28 bits per heavy atom. The molecule has 0 radical (unpaired) electrons. The number of aromatic amines is 1. The number of aromatic nitrogens is 9. The Labute approximate surface area is 637 Å². The van der Waals surface area contributed by atoms with Gasteiger partial charge in [0.05, 0.1) is 85.1 Å². The maximum absolute atomic E-state index is 13.3. The van der Waals surface area contributed by atoms with E-state index >= 15 is 0 Å². The van der Waals surface area contributed by atoms with Crippen LogP contribution in [-0.4, -0.2) is 117 Å².